The molecule has 0 aromatic carbocycles. The molecule has 2 unspecified atom stereocenters. The molecule has 1 aliphatic heterocycles. The molecule has 1 nitrogen and oxygen atoms in total. The molecule has 1 fully saturated rings. The van der Waals surface area contributed by atoms with Gasteiger partial charge in [0.15, 0.2) is 0 Å². The zero-order valence-electron chi connectivity index (χ0n) is 6.81. The number of halogens is 1. The minimum Gasteiger partial charge on any atom is -0.303 e. The van der Waals surface area contributed by atoms with Crippen LogP contribution in [0.1, 0.15) is 19.8 Å². The molecule has 2 atom stereocenters. The van der Waals surface area contributed by atoms with Crippen LogP contribution in [-0.4, -0.2) is 31.2 Å². The van der Waals surface area contributed by atoms with Crippen molar-refractivity contribution in [3.05, 3.63) is 0 Å². The number of alkyl halides is 1. The van der Waals surface area contributed by atoms with Gasteiger partial charge in [0.2, 0.25) is 0 Å². The average Bonchev–Trinajstić information content (AvgIpc) is 1.88. The van der Waals surface area contributed by atoms with E-state index < -0.39 is 6.17 Å². The Balaban J connectivity index is 2.36. The van der Waals surface area contributed by atoms with Crippen LogP contribution in [-0.2, 0) is 0 Å². The zero-order chi connectivity index (χ0) is 7.56. The lowest BCUT2D eigenvalue weighted by molar-refractivity contribution is 0.100. The van der Waals surface area contributed by atoms with E-state index in [2.05, 4.69) is 11.8 Å². The maximum atomic E-state index is 13.1. The summed E-state index contributed by atoms with van der Waals surface area (Å²) in [7, 11) is 1.98. The molecule has 0 amide bonds. The van der Waals surface area contributed by atoms with Gasteiger partial charge in [0.05, 0.1) is 0 Å². The first-order valence-corrected chi connectivity index (χ1v) is 4.06. The molecule has 0 radical (unpaired) electrons. The molecule has 0 aromatic heterocycles. The van der Waals surface area contributed by atoms with Gasteiger partial charge in [-0.3, -0.25) is 0 Å². The maximum Gasteiger partial charge on any atom is 0.116 e. The molecule has 10 heavy (non-hydrogen) atoms. The van der Waals surface area contributed by atoms with Gasteiger partial charge in [0.1, 0.15) is 6.17 Å². The molecular formula is C8H16FN. The van der Waals surface area contributed by atoms with Crippen LogP contribution in [0, 0.1) is 5.92 Å². The maximum absolute atomic E-state index is 13.1. The van der Waals surface area contributed by atoms with Gasteiger partial charge in [0.25, 0.3) is 0 Å². The third kappa shape index (κ3) is 1.69. The van der Waals surface area contributed by atoms with Crippen LogP contribution in [0.15, 0.2) is 0 Å². The van der Waals surface area contributed by atoms with E-state index in [4.69, 9.17) is 0 Å². The third-order valence-corrected chi connectivity index (χ3v) is 2.40. The molecule has 1 aliphatic rings. The van der Waals surface area contributed by atoms with E-state index in [1.54, 1.807) is 0 Å². The van der Waals surface area contributed by atoms with Crippen molar-refractivity contribution in [1.82, 2.24) is 4.90 Å². The lowest BCUT2D eigenvalue weighted by Gasteiger charge is -2.31. The summed E-state index contributed by atoms with van der Waals surface area (Å²) in [6.07, 6.45) is 1.45. The molecular weight excluding hydrogens is 129 g/mol. The van der Waals surface area contributed by atoms with Gasteiger partial charge < -0.3 is 4.90 Å². The molecule has 60 valence electrons. The van der Waals surface area contributed by atoms with Crippen molar-refractivity contribution in [2.45, 2.75) is 25.9 Å². The van der Waals surface area contributed by atoms with Crippen molar-refractivity contribution in [2.24, 2.45) is 5.92 Å². The van der Waals surface area contributed by atoms with E-state index >= 15 is 0 Å². The number of nitrogens with zero attached hydrogens (tertiary/aromatic N) is 1. The highest BCUT2D eigenvalue weighted by molar-refractivity contribution is 4.77. The first-order chi connectivity index (χ1) is 4.74. The van der Waals surface area contributed by atoms with Gasteiger partial charge in [-0.1, -0.05) is 13.3 Å². The van der Waals surface area contributed by atoms with E-state index in [0.29, 0.717) is 12.5 Å². The Labute approximate surface area is 62.2 Å². The summed E-state index contributed by atoms with van der Waals surface area (Å²) in [5, 5.41) is 0. The molecule has 0 aromatic rings. The Kier molecular flexibility index (Phi) is 2.66. The number of likely N-dealkylation sites (tertiary alicyclic amines) is 1. The molecule has 0 saturated carbocycles. The van der Waals surface area contributed by atoms with E-state index in [9.17, 15) is 4.39 Å². The third-order valence-electron chi connectivity index (χ3n) is 2.40. The lowest BCUT2D eigenvalue weighted by Crippen LogP contribution is -2.39. The summed E-state index contributed by atoms with van der Waals surface area (Å²) >= 11 is 0. The molecule has 0 aliphatic carbocycles. The minimum absolute atomic E-state index is 0.330. The van der Waals surface area contributed by atoms with Crippen molar-refractivity contribution < 1.29 is 4.39 Å². The first kappa shape index (κ1) is 7.99. The summed E-state index contributed by atoms with van der Waals surface area (Å²) in [6, 6.07) is 0. The molecule has 0 N–H and O–H groups in total. The fraction of sp³-hybridized carbons (Fsp3) is 1.00. The quantitative estimate of drug-likeness (QED) is 0.542. The fourth-order valence-electron chi connectivity index (χ4n) is 1.57. The monoisotopic (exact) mass is 145 g/mol. The molecule has 1 rings (SSSR count). The standard InChI is InChI=1S/C8H16FN/c1-3-7-4-5-10(2)6-8(7)9/h7-8H,3-6H2,1-2H3. The minimum atomic E-state index is -0.580. The van der Waals surface area contributed by atoms with Crippen LogP contribution in [0.2, 0.25) is 0 Å². The van der Waals surface area contributed by atoms with Crippen molar-refractivity contribution in [3.63, 3.8) is 0 Å². The Morgan fingerprint density at radius 2 is 2.30 bits per heavy atom. The van der Waals surface area contributed by atoms with Gasteiger partial charge >= 0.3 is 0 Å². The predicted octanol–water partition coefficient (Wildman–Crippen LogP) is 1.69. The van der Waals surface area contributed by atoms with Gasteiger partial charge in [-0.05, 0) is 25.9 Å². The van der Waals surface area contributed by atoms with Gasteiger partial charge in [-0.2, -0.15) is 0 Å². The van der Waals surface area contributed by atoms with E-state index in [0.717, 1.165) is 19.4 Å². The average molecular weight is 145 g/mol. The predicted molar refractivity (Wildman–Crippen MR) is 40.8 cm³/mol. The molecule has 0 bridgehead atoms. The van der Waals surface area contributed by atoms with Crippen molar-refractivity contribution in [3.8, 4) is 0 Å². The Morgan fingerprint density at radius 3 is 2.80 bits per heavy atom. The van der Waals surface area contributed by atoms with Crippen molar-refractivity contribution >= 4 is 0 Å². The summed E-state index contributed by atoms with van der Waals surface area (Å²) < 4.78 is 13.1. The smallest absolute Gasteiger partial charge is 0.116 e. The van der Waals surface area contributed by atoms with Crippen LogP contribution in [0.25, 0.3) is 0 Å². The number of hydrogen-bond acceptors (Lipinski definition) is 1. The van der Waals surface area contributed by atoms with Crippen LogP contribution in [0.3, 0.4) is 0 Å². The van der Waals surface area contributed by atoms with Gasteiger partial charge in [0, 0.05) is 6.54 Å². The number of rotatable bonds is 1. The van der Waals surface area contributed by atoms with E-state index in [-0.39, 0.29) is 0 Å². The highest BCUT2D eigenvalue weighted by Crippen LogP contribution is 2.21. The van der Waals surface area contributed by atoms with Gasteiger partial charge in [-0.25, -0.2) is 4.39 Å². The SMILES string of the molecule is CCC1CCN(C)CC1F. The van der Waals surface area contributed by atoms with E-state index in [1.807, 2.05) is 7.05 Å². The second-order valence-corrected chi connectivity index (χ2v) is 3.24. The number of piperidine rings is 1. The van der Waals surface area contributed by atoms with Crippen molar-refractivity contribution in [2.75, 3.05) is 20.1 Å². The largest absolute Gasteiger partial charge is 0.303 e. The highest BCUT2D eigenvalue weighted by Gasteiger charge is 2.25. The molecule has 1 heterocycles. The fourth-order valence-corrected chi connectivity index (χ4v) is 1.57. The Bertz CT molecular complexity index is 105. The molecule has 2 heteroatoms. The molecule has 0 spiro atoms. The van der Waals surface area contributed by atoms with Gasteiger partial charge in [-0.15, -0.1) is 0 Å². The Hall–Kier alpha value is -0.110. The normalized spacial score (nSPS) is 36.3. The van der Waals surface area contributed by atoms with E-state index in [1.165, 1.54) is 0 Å². The topological polar surface area (TPSA) is 3.24 Å². The van der Waals surface area contributed by atoms with Crippen LogP contribution in [0.4, 0.5) is 4.39 Å². The van der Waals surface area contributed by atoms with Crippen LogP contribution >= 0.6 is 0 Å². The summed E-state index contributed by atoms with van der Waals surface area (Å²) in [5.41, 5.74) is 0. The van der Waals surface area contributed by atoms with Crippen LogP contribution in [0.5, 0.6) is 0 Å². The lowest BCUT2D eigenvalue weighted by atomic mass is 9.93. The Morgan fingerprint density at radius 1 is 1.60 bits per heavy atom. The van der Waals surface area contributed by atoms with Crippen molar-refractivity contribution in [1.29, 1.82) is 0 Å². The second-order valence-electron chi connectivity index (χ2n) is 3.24. The summed E-state index contributed by atoms with van der Waals surface area (Å²) in [6.45, 7) is 3.78. The first-order valence-electron chi connectivity index (χ1n) is 4.06. The summed E-state index contributed by atoms with van der Waals surface area (Å²) in [5.74, 6) is 0.330. The zero-order valence-corrected chi connectivity index (χ0v) is 6.81. The summed E-state index contributed by atoms with van der Waals surface area (Å²) in [4.78, 5) is 2.07. The van der Waals surface area contributed by atoms with Crippen LogP contribution < -0.4 is 0 Å². The molecule has 1 saturated heterocycles. The second kappa shape index (κ2) is 3.33. The number of hydrogen-bond donors (Lipinski definition) is 0. The highest BCUT2D eigenvalue weighted by atomic mass is 19.1.